The van der Waals surface area contributed by atoms with Gasteiger partial charge in [-0.25, -0.2) is 0 Å². The maximum atomic E-state index is 12.3. The van der Waals surface area contributed by atoms with Crippen molar-refractivity contribution in [2.24, 2.45) is 4.99 Å². The van der Waals surface area contributed by atoms with Crippen molar-refractivity contribution in [3.8, 4) is 5.75 Å². The van der Waals surface area contributed by atoms with Crippen molar-refractivity contribution >= 4 is 40.7 Å². The summed E-state index contributed by atoms with van der Waals surface area (Å²) in [6.45, 7) is 2.47. The summed E-state index contributed by atoms with van der Waals surface area (Å²) < 4.78 is 18.3. The summed E-state index contributed by atoms with van der Waals surface area (Å²) in [6, 6.07) is 20.0. The smallest absolute Gasteiger partial charge is 0.193 e. The number of nitrogens with zero attached hydrogens (tertiary/aromatic N) is 2. The molecule has 3 rings (SSSR count). The van der Waals surface area contributed by atoms with Crippen LogP contribution in [0.4, 0.5) is 0 Å². The van der Waals surface area contributed by atoms with E-state index in [9.17, 15) is 4.21 Å². The van der Waals surface area contributed by atoms with Crippen LogP contribution in [0.5, 0.6) is 5.75 Å². The van der Waals surface area contributed by atoms with E-state index in [4.69, 9.17) is 4.74 Å². The van der Waals surface area contributed by atoms with Gasteiger partial charge in [0.25, 0.3) is 0 Å². The van der Waals surface area contributed by atoms with E-state index in [1.165, 1.54) is 0 Å². The van der Waals surface area contributed by atoms with E-state index in [0.717, 1.165) is 43.2 Å². The summed E-state index contributed by atoms with van der Waals surface area (Å²) in [4.78, 5) is 6.65. The number of para-hydroxylation sites is 1. The number of halogens is 1. The van der Waals surface area contributed by atoms with E-state index >= 15 is 0 Å². The number of ether oxygens (including phenoxy) is 1. The number of aliphatic imine (C=N–C) groups is 1. The van der Waals surface area contributed by atoms with Crippen molar-refractivity contribution in [1.29, 1.82) is 0 Å². The lowest BCUT2D eigenvalue weighted by Crippen LogP contribution is -2.48. The Morgan fingerprint density at radius 1 is 1.10 bits per heavy atom. The van der Waals surface area contributed by atoms with Gasteiger partial charge in [-0.05, 0) is 17.7 Å². The Balaban J connectivity index is 0.00000300. The fourth-order valence-electron chi connectivity index (χ4n) is 3.32. The van der Waals surface area contributed by atoms with E-state index < -0.39 is 10.8 Å². The number of benzene rings is 2. The maximum Gasteiger partial charge on any atom is 0.193 e. The molecule has 0 bridgehead atoms. The van der Waals surface area contributed by atoms with E-state index in [2.05, 4.69) is 15.2 Å². The van der Waals surface area contributed by atoms with Crippen molar-refractivity contribution in [3.63, 3.8) is 0 Å². The summed E-state index contributed by atoms with van der Waals surface area (Å²) in [5.41, 5.74) is 1.12. The van der Waals surface area contributed by atoms with Crippen molar-refractivity contribution < 1.29 is 8.95 Å². The number of hydrogen-bond donors (Lipinski definition) is 1. The van der Waals surface area contributed by atoms with Gasteiger partial charge >= 0.3 is 0 Å². The SMILES string of the molecule is CN=C(NCCS(=O)Cc1ccccc1)N1CCC(Oc2ccccc2)CC1.I. The average molecular weight is 527 g/mol. The number of guanidine groups is 1. The van der Waals surface area contributed by atoms with Crippen LogP contribution < -0.4 is 10.1 Å². The van der Waals surface area contributed by atoms with Crippen LogP contribution in [0.1, 0.15) is 18.4 Å². The number of piperidine rings is 1. The second-order valence-electron chi connectivity index (χ2n) is 6.87. The van der Waals surface area contributed by atoms with Crippen LogP contribution in [0.2, 0.25) is 0 Å². The first kappa shape index (κ1) is 23.7. The van der Waals surface area contributed by atoms with Gasteiger partial charge in [0.1, 0.15) is 11.9 Å². The van der Waals surface area contributed by atoms with Crippen molar-refractivity contribution in [2.75, 3.05) is 32.4 Å². The molecule has 1 atom stereocenters. The standard InChI is InChI=1S/C22H29N3O2S.HI/c1-23-22(24-14-17-28(26)18-19-8-4-2-5-9-19)25-15-12-21(13-16-25)27-20-10-6-3-7-11-20;/h2-11,21H,12-18H2,1H3,(H,23,24);1H. The number of nitrogens with one attached hydrogen (secondary N) is 1. The largest absolute Gasteiger partial charge is 0.490 e. The summed E-state index contributed by atoms with van der Waals surface area (Å²) >= 11 is 0. The molecule has 29 heavy (non-hydrogen) atoms. The van der Waals surface area contributed by atoms with Crippen molar-refractivity contribution in [3.05, 3.63) is 66.2 Å². The van der Waals surface area contributed by atoms with Crippen molar-refractivity contribution in [1.82, 2.24) is 10.2 Å². The third-order valence-corrected chi connectivity index (χ3v) is 6.10. The van der Waals surface area contributed by atoms with Crippen molar-refractivity contribution in [2.45, 2.75) is 24.7 Å². The summed E-state index contributed by atoms with van der Waals surface area (Å²) in [7, 11) is 0.923. The van der Waals surface area contributed by atoms with Gasteiger partial charge in [0.2, 0.25) is 0 Å². The van der Waals surface area contributed by atoms with Gasteiger partial charge < -0.3 is 15.0 Å². The van der Waals surface area contributed by atoms with Crippen LogP contribution in [0.25, 0.3) is 0 Å². The summed E-state index contributed by atoms with van der Waals surface area (Å²) in [5.74, 6) is 3.03. The van der Waals surface area contributed by atoms with Gasteiger partial charge in [-0.2, -0.15) is 0 Å². The summed E-state index contributed by atoms with van der Waals surface area (Å²) in [5, 5.41) is 3.36. The average Bonchev–Trinajstić information content (AvgIpc) is 2.73. The second-order valence-corrected chi connectivity index (χ2v) is 8.44. The van der Waals surface area contributed by atoms with Gasteiger partial charge in [-0.3, -0.25) is 9.20 Å². The minimum absolute atomic E-state index is 0. The lowest BCUT2D eigenvalue weighted by molar-refractivity contribution is 0.129. The minimum Gasteiger partial charge on any atom is -0.490 e. The fraction of sp³-hybridized carbons (Fsp3) is 0.409. The first-order valence-electron chi connectivity index (χ1n) is 9.81. The van der Waals surface area contributed by atoms with Gasteiger partial charge in [0, 0.05) is 61.8 Å². The highest BCUT2D eigenvalue weighted by Gasteiger charge is 2.22. The molecule has 0 spiro atoms. The molecule has 1 unspecified atom stereocenters. The van der Waals surface area contributed by atoms with Crippen LogP contribution >= 0.6 is 24.0 Å². The number of rotatable bonds is 7. The molecule has 0 aromatic heterocycles. The molecule has 7 heteroatoms. The van der Waals surface area contributed by atoms with Gasteiger partial charge in [-0.15, -0.1) is 24.0 Å². The normalized spacial score (nSPS) is 16.0. The molecule has 2 aromatic carbocycles. The van der Waals surface area contributed by atoms with Crippen LogP contribution in [-0.2, 0) is 16.6 Å². The lowest BCUT2D eigenvalue weighted by Gasteiger charge is -2.34. The Morgan fingerprint density at radius 3 is 2.34 bits per heavy atom. The maximum absolute atomic E-state index is 12.3. The molecule has 2 aromatic rings. The van der Waals surface area contributed by atoms with Gasteiger partial charge in [0.05, 0.1) is 0 Å². The van der Waals surface area contributed by atoms with E-state index in [1.807, 2.05) is 60.7 Å². The molecule has 1 aliphatic heterocycles. The third kappa shape index (κ3) is 7.97. The number of hydrogen-bond acceptors (Lipinski definition) is 3. The minimum atomic E-state index is -0.879. The highest BCUT2D eigenvalue weighted by atomic mass is 127. The molecule has 0 saturated carbocycles. The summed E-state index contributed by atoms with van der Waals surface area (Å²) in [6.07, 6.45) is 2.18. The second kappa shape index (κ2) is 12.8. The van der Waals surface area contributed by atoms with Crippen LogP contribution in [-0.4, -0.2) is 53.6 Å². The van der Waals surface area contributed by atoms with Crippen LogP contribution in [0, 0.1) is 0 Å². The molecule has 1 fully saturated rings. The third-order valence-electron chi connectivity index (χ3n) is 4.78. The molecule has 0 aliphatic carbocycles. The van der Waals surface area contributed by atoms with E-state index in [-0.39, 0.29) is 30.1 Å². The first-order valence-corrected chi connectivity index (χ1v) is 11.3. The topological polar surface area (TPSA) is 53.9 Å². The molecule has 1 saturated heterocycles. The molecule has 1 N–H and O–H groups in total. The monoisotopic (exact) mass is 527 g/mol. The van der Waals surface area contributed by atoms with Crippen LogP contribution in [0.15, 0.2) is 65.7 Å². The molecule has 0 radical (unpaired) electrons. The van der Waals surface area contributed by atoms with E-state index in [0.29, 0.717) is 18.1 Å². The molecule has 1 aliphatic rings. The number of likely N-dealkylation sites (tertiary alicyclic amines) is 1. The van der Waals surface area contributed by atoms with Crippen LogP contribution in [0.3, 0.4) is 0 Å². The Hall–Kier alpha value is -1.61. The molecule has 5 nitrogen and oxygen atoms in total. The van der Waals surface area contributed by atoms with Gasteiger partial charge in [0.15, 0.2) is 5.96 Å². The predicted molar refractivity (Wildman–Crippen MR) is 132 cm³/mol. The molecule has 1 heterocycles. The zero-order valence-corrected chi connectivity index (χ0v) is 20.0. The fourth-order valence-corrected chi connectivity index (χ4v) is 4.36. The van der Waals surface area contributed by atoms with Gasteiger partial charge in [-0.1, -0.05) is 48.5 Å². The Morgan fingerprint density at radius 2 is 1.72 bits per heavy atom. The highest BCUT2D eigenvalue weighted by molar-refractivity contribution is 14.0. The Labute approximate surface area is 193 Å². The first-order chi connectivity index (χ1) is 13.7. The zero-order valence-electron chi connectivity index (χ0n) is 16.8. The molecule has 158 valence electrons. The highest BCUT2D eigenvalue weighted by Crippen LogP contribution is 2.18. The molecular formula is C22H30IN3O2S. The Bertz CT molecular complexity index is 766. The zero-order chi connectivity index (χ0) is 19.6. The molecule has 0 amide bonds. The lowest BCUT2D eigenvalue weighted by atomic mass is 10.1. The van der Waals surface area contributed by atoms with E-state index in [1.54, 1.807) is 7.05 Å². The Kier molecular flexibility index (Phi) is 10.5. The predicted octanol–water partition coefficient (Wildman–Crippen LogP) is 3.67. The quantitative estimate of drug-likeness (QED) is 0.339. The molecular weight excluding hydrogens is 497 g/mol.